The van der Waals surface area contributed by atoms with E-state index in [0.29, 0.717) is 9.90 Å². The first kappa shape index (κ1) is 15.1. The van der Waals surface area contributed by atoms with Crippen molar-refractivity contribution in [2.24, 2.45) is 5.10 Å². The number of thiophene rings is 1. The summed E-state index contributed by atoms with van der Waals surface area (Å²) in [5.74, 6) is -0.517. The molecule has 0 aliphatic rings. The molecule has 1 aromatic heterocycles. The van der Waals surface area contributed by atoms with Crippen LogP contribution < -0.4 is 5.43 Å². The van der Waals surface area contributed by atoms with Gasteiger partial charge in [-0.05, 0) is 25.1 Å². The Morgan fingerprint density at radius 1 is 1.43 bits per heavy atom. The molecule has 2 rings (SSSR count). The van der Waals surface area contributed by atoms with Gasteiger partial charge in [0.15, 0.2) is 0 Å². The maximum Gasteiger partial charge on any atom is 0.273 e. The number of nitrogens with one attached hydrogen (secondary N) is 1. The van der Waals surface area contributed by atoms with Gasteiger partial charge in [0.25, 0.3) is 11.6 Å². The lowest BCUT2D eigenvalue weighted by molar-refractivity contribution is -0.385. The summed E-state index contributed by atoms with van der Waals surface area (Å²) in [5, 5.41) is 14.6. The minimum Gasteiger partial charge on any atom is -0.267 e. The van der Waals surface area contributed by atoms with E-state index in [4.69, 9.17) is 11.6 Å². The molecule has 1 amide bonds. The lowest BCUT2D eigenvalue weighted by Crippen LogP contribution is -2.17. The topological polar surface area (TPSA) is 84.6 Å². The third kappa shape index (κ3) is 3.87. The van der Waals surface area contributed by atoms with E-state index in [1.807, 2.05) is 0 Å². The Balaban J connectivity index is 2.08. The van der Waals surface area contributed by atoms with Crippen molar-refractivity contribution in [1.29, 1.82) is 0 Å². The highest BCUT2D eigenvalue weighted by Gasteiger charge is 2.14. The lowest BCUT2D eigenvalue weighted by atomic mass is 10.1. The Morgan fingerprint density at radius 3 is 2.81 bits per heavy atom. The first-order chi connectivity index (χ1) is 9.97. The molecule has 108 valence electrons. The second kappa shape index (κ2) is 6.47. The molecule has 0 radical (unpaired) electrons. The normalized spacial score (nSPS) is 10.8. The van der Waals surface area contributed by atoms with Crippen LogP contribution in [0.5, 0.6) is 0 Å². The van der Waals surface area contributed by atoms with Crippen LogP contribution in [-0.2, 0) is 0 Å². The van der Waals surface area contributed by atoms with E-state index in [-0.39, 0.29) is 11.3 Å². The number of halogens is 1. The van der Waals surface area contributed by atoms with E-state index in [9.17, 15) is 14.9 Å². The number of carbonyl (C=O) groups excluding carboxylic acids is 1. The van der Waals surface area contributed by atoms with Crippen LogP contribution >= 0.6 is 22.9 Å². The van der Waals surface area contributed by atoms with Crippen molar-refractivity contribution in [2.45, 2.75) is 6.92 Å². The smallest absolute Gasteiger partial charge is 0.267 e. The zero-order valence-electron chi connectivity index (χ0n) is 10.9. The Hall–Kier alpha value is -2.25. The Kier molecular flexibility index (Phi) is 4.66. The largest absolute Gasteiger partial charge is 0.273 e. The summed E-state index contributed by atoms with van der Waals surface area (Å²) < 4.78 is 0.622. The predicted molar refractivity (Wildman–Crippen MR) is 82.2 cm³/mol. The van der Waals surface area contributed by atoms with Crippen molar-refractivity contribution in [3.63, 3.8) is 0 Å². The van der Waals surface area contributed by atoms with E-state index in [1.54, 1.807) is 19.1 Å². The molecule has 1 heterocycles. The molecule has 0 aliphatic heterocycles. The van der Waals surface area contributed by atoms with Crippen molar-refractivity contribution in [2.75, 3.05) is 0 Å². The van der Waals surface area contributed by atoms with Crippen molar-refractivity contribution in [3.05, 3.63) is 60.8 Å². The van der Waals surface area contributed by atoms with Gasteiger partial charge in [0.1, 0.15) is 0 Å². The highest BCUT2D eigenvalue weighted by Crippen LogP contribution is 2.20. The molecule has 21 heavy (non-hydrogen) atoms. The third-order valence-corrected chi connectivity index (χ3v) is 3.79. The maximum absolute atomic E-state index is 11.9. The zero-order chi connectivity index (χ0) is 15.4. The van der Waals surface area contributed by atoms with Gasteiger partial charge in [0.2, 0.25) is 0 Å². The number of nitro benzene ring substituents is 1. The molecule has 1 aromatic carbocycles. The first-order valence-electron chi connectivity index (χ1n) is 5.81. The number of benzene rings is 1. The molecule has 0 saturated heterocycles. The van der Waals surface area contributed by atoms with Crippen molar-refractivity contribution in [1.82, 2.24) is 5.43 Å². The average Bonchev–Trinajstić information content (AvgIpc) is 2.84. The molecule has 0 bridgehead atoms. The molecular weight excluding hydrogens is 314 g/mol. The van der Waals surface area contributed by atoms with Crippen LogP contribution in [-0.4, -0.2) is 17.0 Å². The van der Waals surface area contributed by atoms with Crippen molar-refractivity contribution >= 4 is 40.7 Å². The van der Waals surface area contributed by atoms with E-state index >= 15 is 0 Å². The van der Waals surface area contributed by atoms with Gasteiger partial charge in [-0.2, -0.15) is 5.10 Å². The van der Waals surface area contributed by atoms with Crippen LogP contribution in [0.15, 0.2) is 35.4 Å². The molecular formula is C13H10ClN3O3S. The van der Waals surface area contributed by atoms with Gasteiger partial charge in [0, 0.05) is 22.1 Å². The fraction of sp³-hybridized carbons (Fsp3) is 0.0769. The lowest BCUT2D eigenvalue weighted by Gasteiger charge is -2.01. The number of nitro groups is 1. The zero-order valence-corrected chi connectivity index (χ0v) is 12.4. The third-order valence-electron chi connectivity index (χ3n) is 2.62. The van der Waals surface area contributed by atoms with Gasteiger partial charge in [0.05, 0.1) is 15.5 Å². The fourth-order valence-electron chi connectivity index (χ4n) is 1.56. The molecule has 0 spiro atoms. The Morgan fingerprint density at radius 2 is 2.19 bits per heavy atom. The van der Waals surface area contributed by atoms with Crippen molar-refractivity contribution < 1.29 is 9.72 Å². The summed E-state index contributed by atoms with van der Waals surface area (Å²) in [5.41, 5.74) is 2.88. The molecule has 6 nitrogen and oxygen atoms in total. The quantitative estimate of drug-likeness (QED) is 0.531. The number of hydrogen-bond acceptors (Lipinski definition) is 5. The monoisotopic (exact) mass is 323 g/mol. The average molecular weight is 324 g/mol. The molecule has 2 aromatic rings. The van der Waals surface area contributed by atoms with Gasteiger partial charge in [-0.1, -0.05) is 17.7 Å². The Bertz CT molecular complexity index is 727. The second-order valence-corrected chi connectivity index (χ2v) is 5.85. The van der Waals surface area contributed by atoms with Crippen molar-refractivity contribution in [3.8, 4) is 0 Å². The van der Waals surface area contributed by atoms with E-state index in [0.717, 1.165) is 4.88 Å². The molecule has 8 heteroatoms. The number of carbonyl (C=O) groups is 1. The van der Waals surface area contributed by atoms with Crippen LogP contribution in [0.25, 0.3) is 0 Å². The standard InChI is InChI=1S/C13H10ClN3O3S/c1-8-2-3-9(6-11(8)17(19)20)13(18)16-15-7-10-4-5-12(14)21-10/h2-7H,1H3,(H,16,18). The highest BCUT2D eigenvalue weighted by molar-refractivity contribution is 7.17. The minimum absolute atomic E-state index is 0.100. The van der Waals surface area contributed by atoms with Gasteiger partial charge in [-0.3, -0.25) is 14.9 Å². The first-order valence-corrected chi connectivity index (χ1v) is 7.00. The number of amides is 1. The van der Waals surface area contributed by atoms with Gasteiger partial charge >= 0.3 is 0 Å². The predicted octanol–water partition coefficient (Wildman–Crippen LogP) is 3.38. The summed E-state index contributed by atoms with van der Waals surface area (Å²) >= 11 is 7.08. The molecule has 0 aliphatic carbocycles. The van der Waals surface area contributed by atoms with Gasteiger partial charge in [-0.15, -0.1) is 11.3 Å². The maximum atomic E-state index is 11.9. The minimum atomic E-state index is -0.525. The van der Waals surface area contributed by atoms with Gasteiger partial charge in [-0.25, -0.2) is 5.43 Å². The summed E-state index contributed by atoms with van der Waals surface area (Å²) in [6, 6.07) is 7.74. The molecule has 0 saturated carbocycles. The van der Waals surface area contributed by atoms with Crippen LogP contribution in [0.4, 0.5) is 5.69 Å². The Labute approximate surface area is 129 Å². The number of hydrazone groups is 1. The fourth-order valence-corrected chi connectivity index (χ4v) is 2.50. The molecule has 0 unspecified atom stereocenters. The SMILES string of the molecule is Cc1ccc(C(=O)NN=Cc2ccc(Cl)s2)cc1[N+](=O)[O-]. The number of nitrogens with zero attached hydrogens (tertiary/aromatic N) is 2. The second-order valence-electron chi connectivity index (χ2n) is 4.10. The molecule has 0 fully saturated rings. The van der Waals surface area contributed by atoms with E-state index < -0.39 is 10.8 Å². The van der Waals surface area contributed by atoms with Gasteiger partial charge < -0.3 is 0 Å². The number of aryl methyl sites for hydroxylation is 1. The van der Waals surface area contributed by atoms with Crippen LogP contribution in [0.1, 0.15) is 20.8 Å². The van der Waals surface area contributed by atoms with Crippen LogP contribution in [0, 0.1) is 17.0 Å². The summed E-state index contributed by atoms with van der Waals surface area (Å²) in [6.07, 6.45) is 1.46. The summed E-state index contributed by atoms with van der Waals surface area (Å²) in [6.45, 7) is 1.61. The van der Waals surface area contributed by atoms with Crippen LogP contribution in [0.2, 0.25) is 4.34 Å². The van der Waals surface area contributed by atoms with E-state index in [2.05, 4.69) is 10.5 Å². The summed E-state index contributed by atoms with van der Waals surface area (Å²) in [4.78, 5) is 22.9. The van der Waals surface area contributed by atoms with E-state index in [1.165, 1.54) is 35.8 Å². The number of rotatable bonds is 4. The molecule has 1 N–H and O–H groups in total. The highest BCUT2D eigenvalue weighted by atomic mass is 35.5. The van der Waals surface area contributed by atoms with Crippen LogP contribution in [0.3, 0.4) is 0 Å². The summed E-state index contributed by atoms with van der Waals surface area (Å²) in [7, 11) is 0. The number of hydrogen-bond donors (Lipinski definition) is 1. The molecule has 0 atom stereocenters.